The molecule has 1 unspecified atom stereocenters. The SMILES string of the molecule is CC(C)CC(=O)c1ccc(O)c2c1OC1=C(C(=O)C(C)(C)C(=O)C1(C)C)C2CC(C)C. The quantitative estimate of drug-likeness (QED) is 0.489. The molecule has 0 radical (unpaired) electrons. The zero-order chi connectivity index (χ0) is 23.5. The van der Waals surface area contributed by atoms with E-state index in [4.69, 9.17) is 4.74 Å². The van der Waals surface area contributed by atoms with Crippen molar-refractivity contribution in [3.05, 3.63) is 34.6 Å². The number of phenolic OH excluding ortho intramolecular Hbond substituents is 1. The molecule has 1 heterocycles. The second-order valence-electron chi connectivity index (χ2n) is 10.8. The van der Waals surface area contributed by atoms with Crippen molar-refractivity contribution in [2.24, 2.45) is 22.7 Å². The number of rotatable bonds is 5. The molecule has 5 nitrogen and oxygen atoms in total. The van der Waals surface area contributed by atoms with Crippen molar-refractivity contribution in [2.75, 3.05) is 0 Å². The Labute approximate surface area is 184 Å². The third-order valence-electron chi connectivity index (χ3n) is 6.44. The number of carbonyl (C=O) groups excluding carboxylic acids is 3. The van der Waals surface area contributed by atoms with Crippen molar-refractivity contribution in [2.45, 2.75) is 74.1 Å². The van der Waals surface area contributed by atoms with E-state index in [9.17, 15) is 19.5 Å². The van der Waals surface area contributed by atoms with E-state index in [-0.39, 0.29) is 34.9 Å². The molecule has 1 atom stereocenters. The Morgan fingerprint density at radius 2 is 1.65 bits per heavy atom. The number of hydrogen-bond acceptors (Lipinski definition) is 5. The number of benzene rings is 1. The van der Waals surface area contributed by atoms with Gasteiger partial charge in [0.05, 0.1) is 16.4 Å². The van der Waals surface area contributed by atoms with Crippen LogP contribution in [0.4, 0.5) is 0 Å². The van der Waals surface area contributed by atoms with Gasteiger partial charge in [0, 0.05) is 23.5 Å². The van der Waals surface area contributed by atoms with E-state index in [0.29, 0.717) is 41.1 Å². The Morgan fingerprint density at radius 3 is 2.19 bits per heavy atom. The summed E-state index contributed by atoms with van der Waals surface area (Å²) in [7, 11) is 0. The minimum absolute atomic E-state index is 0.00797. The number of aromatic hydroxyl groups is 1. The molecule has 1 aliphatic heterocycles. The van der Waals surface area contributed by atoms with E-state index in [0.717, 1.165) is 0 Å². The largest absolute Gasteiger partial charge is 0.508 e. The molecule has 0 aromatic heterocycles. The average molecular weight is 427 g/mol. The summed E-state index contributed by atoms with van der Waals surface area (Å²) in [6.45, 7) is 14.9. The molecule has 3 rings (SSSR count). The van der Waals surface area contributed by atoms with Gasteiger partial charge in [0.2, 0.25) is 0 Å². The Bertz CT molecular complexity index is 991. The molecule has 1 aromatic carbocycles. The summed E-state index contributed by atoms with van der Waals surface area (Å²) in [6.07, 6.45) is 0.937. The van der Waals surface area contributed by atoms with Crippen molar-refractivity contribution in [3.63, 3.8) is 0 Å². The molecular formula is C26H34O5. The van der Waals surface area contributed by atoms with Crippen LogP contribution in [0.2, 0.25) is 0 Å². The fourth-order valence-corrected chi connectivity index (χ4v) is 4.95. The van der Waals surface area contributed by atoms with Gasteiger partial charge in [-0.05, 0) is 58.1 Å². The normalized spacial score (nSPS) is 21.8. The number of hydrogen-bond donors (Lipinski definition) is 1. The van der Waals surface area contributed by atoms with Crippen LogP contribution in [0, 0.1) is 22.7 Å². The predicted molar refractivity (Wildman–Crippen MR) is 119 cm³/mol. The van der Waals surface area contributed by atoms with Crippen LogP contribution in [0.3, 0.4) is 0 Å². The van der Waals surface area contributed by atoms with Crippen LogP contribution in [-0.4, -0.2) is 22.5 Å². The van der Waals surface area contributed by atoms with E-state index in [1.807, 2.05) is 13.8 Å². The topological polar surface area (TPSA) is 80.7 Å². The van der Waals surface area contributed by atoms with E-state index in [1.54, 1.807) is 33.8 Å². The van der Waals surface area contributed by atoms with Crippen LogP contribution in [0.5, 0.6) is 11.5 Å². The van der Waals surface area contributed by atoms with Crippen molar-refractivity contribution in [1.29, 1.82) is 0 Å². The first kappa shape index (κ1) is 23.2. The fourth-order valence-electron chi connectivity index (χ4n) is 4.95. The lowest BCUT2D eigenvalue weighted by molar-refractivity contribution is -0.144. The van der Waals surface area contributed by atoms with Gasteiger partial charge in [-0.1, -0.05) is 27.7 Å². The first-order valence-corrected chi connectivity index (χ1v) is 11.1. The Morgan fingerprint density at radius 1 is 1.03 bits per heavy atom. The fraction of sp³-hybridized carbons (Fsp3) is 0.577. The van der Waals surface area contributed by atoms with Crippen LogP contribution in [0.25, 0.3) is 0 Å². The maximum Gasteiger partial charge on any atom is 0.175 e. The maximum absolute atomic E-state index is 13.5. The Balaban J connectivity index is 2.32. The van der Waals surface area contributed by atoms with E-state index >= 15 is 0 Å². The molecule has 1 N–H and O–H groups in total. The lowest BCUT2D eigenvalue weighted by Crippen LogP contribution is -2.51. The van der Waals surface area contributed by atoms with Crippen molar-refractivity contribution in [3.8, 4) is 11.5 Å². The van der Waals surface area contributed by atoms with Gasteiger partial charge in [0.25, 0.3) is 0 Å². The molecule has 0 bridgehead atoms. The van der Waals surface area contributed by atoms with Crippen molar-refractivity contribution < 1.29 is 24.2 Å². The summed E-state index contributed by atoms with van der Waals surface area (Å²) in [5, 5.41) is 10.8. The lowest BCUT2D eigenvalue weighted by Gasteiger charge is -2.45. The number of phenols is 1. The molecule has 31 heavy (non-hydrogen) atoms. The maximum atomic E-state index is 13.5. The molecule has 0 saturated heterocycles. The summed E-state index contributed by atoms with van der Waals surface area (Å²) >= 11 is 0. The number of carbonyl (C=O) groups is 3. The zero-order valence-corrected chi connectivity index (χ0v) is 19.9. The van der Waals surface area contributed by atoms with Gasteiger partial charge >= 0.3 is 0 Å². The first-order valence-electron chi connectivity index (χ1n) is 11.1. The Kier molecular flexibility index (Phi) is 5.71. The molecule has 168 valence electrons. The second kappa shape index (κ2) is 7.61. The average Bonchev–Trinajstić information content (AvgIpc) is 2.64. The minimum atomic E-state index is -1.18. The number of ketones is 3. The van der Waals surface area contributed by atoms with Crippen LogP contribution < -0.4 is 4.74 Å². The predicted octanol–water partition coefficient (Wildman–Crippen LogP) is 5.60. The van der Waals surface area contributed by atoms with Crippen LogP contribution in [-0.2, 0) is 9.59 Å². The molecule has 0 spiro atoms. The number of allylic oxidation sites excluding steroid dienone is 2. The van der Waals surface area contributed by atoms with Gasteiger partial charge in [-0.2, -0.15) is 0 Å². The van der Waals surface area contributed by atoms with Gasteiger partial charge in [-0.15, -0.1) is 0 Å². The monoisotopic (exact) mass is 426 g/mol. The summed E-state index contributed by atoms with van der Waals surface area (Å²) in [6, 6.07) is 3.10. The third kappa shape index (κ3) is 3.62. The van der Waals surface area contributed by atoms with Gasteiger partial charge in [-0.25, -0.2) is 0 Å². The number of fused-ring (bicyclic) bond motifs is 1. The van der Waals surface area contributed by atoms with Crippen molar-refractivity contribution >= 4 is 17.3 Å². The van der Waals surface area contributed by atoms with E-state index in [2.05, 4.69) is 13.8 Å². The molecule has 1 aromatic rings. The number of ether oxygens (including phenoxy) is 1. The molecule has 2 aliphatic rings. The molecule has 0 fully saturated rings. The lowest BCUT2D eigenvalue weighted by atomic mass is 9.59. The highest BCUT2D eigenvalue weighted by atomic mass is 16.5. The molecule has 0 saturated carbocycles. The molecule has 0 amide bonds. The summed E-state index contributed by atoms with van der Waals surface area (Å²) < 4.78 is 6.27. The molecule has 5 heteroatoms. The zero-order valence-electron chi connectivity index (χ0n) is 19.9. The van der Waals surface area contributed by atoms with E-state index in [1.165, 1.54) is 6.07 Å². The summed E-state index contributed by atoms with van der Waals surface area (Å²) in [5.41, 5.74) is -0.874. The van der Waals surface area contributed by atoms with Crippen molar-refractivity contribution in [1.82, 2.24) is 0 Å². The molecular weight excluding hydrogens is 392 g/mol. The third-order valence-corrected chi connectivity index (χ3v) is 6.44. The van der Waals surface area contributed by atoms with Gasteiger partial charge < -0.3 is 9.84 Å². The van der Waals surface area contributed by atoms with Crippen LogP contribution in [0.15, 0.2) is 23.5 Å². The minimum Gasteiger partial charge on any atom is -0.508 e. The first-order chi connectivity index (χ1) is 14.2. The van der Waals surface area contributed by atoms with Gasteiger partial charge in [0.1, 0.15) is 17.3 Å². The van der Waals surface area contributed by atoms with Gasteiger partial charge in [-0.3, -0.25) is 14.4 Å². The van der Waals surface area contributed by atoms with Crippen LogP contribution in [0.1, 0.15) is 90.1 Å². The number of Topliss-reactive ketones (excluding diaryl/α,β-unsaturated/α-hetero) is 3. The highest BCUT2D eigenvalue weighted by molar-refractivity contribution is 6.20. The summed E-state index contributed by atoms with van der Waals surface area (Å²) in [4.78, 5) is 39.8. The highest BCUT2D eigenvalue weighted by Gasteiger charge is 2.57. The standard InChI is InChI=1S/C26H34O5/c1-13(2)11-16-19-17(27)10-9-15(18(28)12-14(3)4)21(19)31-23-20(16)22(29)25(5,6)24(30)26(23,7)8/h9-10,13-14,16,27H,11-12H2,1-8H3. The smallest absolute Gasteiger partial charge is 0.175 e. The summed E-state index contributed by atoms with van der Waals surface area (Å²) in [5.74, 6) is 0.0240. The van der Waals surface area contributed by atoms with Gasteiger partial charge in [0.15, 0.2) is 17.3 Å². The highest BCUT2D eigenvalue weighted by Crippen LogP contribution is 2.56. The Hall–Kier alpha value is -2.43. The van der Waals surface area contributed by atoms with Crippen LogP contribution >= 0.6 is 0 Å². The second-order valence-corrected chi connectivity index (χ2v) is 10.8. The molecule has 1 aliphatic carbocycles. The van der Waals surface area contributed by atoms with E-state index < -0.39 is 16.7 Å².